The molecule has 0 radical (unpaired) electrons. The third-order valence-corrected chi connectivity index (χ3v) is 3.41. The number of hydrogen-bond acceptors (Lipinski definition) is 6. The van der Waals surface area contributed by atoms with Crippen molar-refractivity contribution in [2.45, 2.75) is 39.7 Å². The zero-order chi connectivity index (χ0) is 19.7. The van der Waals surface area contributed by atoms with Crippen LogP contribution in [0.1, 0.15) is 33.6 Å². The fourth-order valence-corrected chi connectivity index (χ4v) is 1.94. The summed E-state index contributed by atoms with van der Waals surface area (Å²) in [4.78, 5) is 45.6. The number of amides is 2. The summed E-state index contributed by atoms with van der Waals surface area (Å²) in [5, 5.41) is 15.7. The van der Waals surface area contributed by atoms with Crippen LogP contribution in [0.2, 0.25) is 0 Å². The minimum Gasteiger partial charge on any atom is -0.451 e. The van der Waals surface area contributed by atoms with Gasteiger partial charge < -0.3 is 15.4 Å². The molecule has 1 aromatic rings. The third kappa shape index (κ3) is 7.29. The van der Waals surface area contributed by atoms with Gasteiger partial charge in [-0.1, -0.05) is 26.0 Å². The summed E-state index contributed by atoms with van der Waals surface area (Å²) >= 11 is 0. The van der Waals surface area contributed by atoms with E-state index in [1.54, 1.807) is 0 Å². The zero-order valence-electron chi connectivity index (χ0n) is 15.0. The molecular weight excluding hydrogens is 342 g/mol. The molecule has 0 heterocycles. The second kappa shape index (κ2) is 10.1. The highest BCUT2D eigenvalue weighted by molar-refractivity contribution is 5.97. The van der Waals surface area contributed by atoms with Crippen LogP contribution in [-0.4, -0.2) is 35.4 Å². The maximum atomic E-state index is 12.0. The van der Waals surface area contributed by atoms with Crippen LogP contribution >= 0.6 is 0 Å². The monoisotopic (exact) mass is 365 g/mol. The predicted octanol–water partition coefficient (Wildman–Crippen LogP) is 2.02. The standard InChI is InChI=1S/C17H23N3O6/c1-11(2)8-9-15(21)18-10-16(22)26-12(3)17(23)19-13-6-4-5-7-14(13)20(24)25/h4-7,11-12H,8-10H2,1-3H3,(H,18,21)(H,19,23). The lowest BCUT2D eigenvalue weighted by Gasteiger charge is -2.14. The molecule has 0 aromatic heterocycles. The number of hydrogen-bond donors (Lipinski definition) is 2. The first-order valence-corrected chi connectivity index (χ1v) is 8.21. The first-order valence-electron chi connectivity index (χ1n) is 8.21. The Labute approximate surface area is 151 Å². The van der Waals surface area contributed by atoms with Crippen molar-refractivity contribution in [2.75, 3.05) is 11.9 Å². The fourth-order valence-electron chi connectivity index (χ4n) is 1.94. The Kier molecular flexibility index (Phi) is 8.20. The van der Waals surface area contributed by atoms with Crippen LogP contribution in [0, 0.1) is 16.0 Å². The van der Waals surface area contributed by atoms with Gasteiger partial charge in [-0.15, -0.1) is 0 Å². The first kappa shape index (κ1) is 21.1. The van der Waals surface area contributed by atoms with E-state index in [4.69, 9.17) is 4.74 Å². The van der Waals surface area contributed by atoms with E-state index < -0.39 is 22.9 Å². The molecule has 9 heteroatoms. The fraction of sp³-hybridized carbons (Fsp3) is 0.471. The van der Waals surface area contributed by atoms with Crippen LogP contribution < -0.4 is 10.6 Å². The number of ether oxygens (including phenoxy) is 1. The molecule has 1 rings (SSSR count). The number of anilines is 1. The Bertz CT molecular complexity index is 674. The van der Waals surface area contributed by atoms with E-state index in [-0.39, 0.29) is 23.8 Å². The van der Waals surface area contributed by atoms with Crippen LogP contribution in [0.15, 0.2) is 24.3 Å². The normalized spacial score (nSPS) is 11.5. The van der Waals surface area contributed by atoms with E-state index in [9.17, 15) is 24.5 Å². The van der Waals surface area contributed by atoms with Crippen molar-refractivity contribution in [3.8, 4) is 0 Å². The van der Waals surface area contributed by atoms with Crippen LogP contribution in [-0.2, 0) is 19.1 Å². The van der Waals surface area contributed by atoms with Crippen molar-refractivity contribution in [3.63, 3.8) is 0 Å². The summed E-state index contributed by atoms with van der Waals surface area (Å²) in [7, 11) is 0. The number of para-hydroxylation sites is 2. The lowest BCUT2D eigenvalue weighted by molar-refractivity contribution is -0.383. The largest absolute Gasteiger partial charge is 0.451 e. The number of rotatable bonds is 9. The Morgan fingerprint density at radius 3 is 2.46 bits per heavy atom. The van der Waals surface area contributed by atoms with E-state index in [0.29, 0.717) is 18.8 Å². The maximum Gasteiger partial charge on any atom is 0.326 e. The van der Waals surface area contributed by atoms with Gasteiger partial charge in [0.15, 0.2) is 6.10 Å². The van der Waals surface area contributed by atoms with Gasteiger partial charge in [0.05, 0.1) is 4.92 Å². The van der Waals surface area contributed by atoms with Crippen LogP contribution in [0.5, 0.6) is 0 Å². The van der Waals surface area contributed by atoms with Crippen LogP contribution in [0.3, 0.4) is 0 Å². The van der Waals surface area contributed by atoms with Gasteiger partial charge in [-0.05, 0) is 25.3 Å². The van der Waals surface area contributed by atoms with Crippen molar-refractivity contribution in [2.24, 2.45) is 5.92 Å². The Balaban J connectivity index is 2.48. The molecular formula is C17H23N3O6. The molecule has 0 spiro atoms. The maximum absolute atomic E-state index is 12.0. The number of nitro benzene ring substituents is 1. The highest BCUT2D eigenvalue weighted by Gasteiger charge is 2.21. The van der Waals surface area contributed by atoms with Gasteiger partial charge in [-0.25, -0.2) is 0 Å². The van der Waals surface area contributed by atoms with Crippen molar-refractivity contribution < 1.29 is 24.0 Å². The molecule has 1 atom stereocenters. The zero-order valence-corrected chi connectivity index (χ0v) is 15.0. The van der Waals surface area contributed by atoms with Crippen molar-refractivity contribution >= 4 is 29.2 Å². The lowest BCUT2D eigenvalue weighted by Crippen LogP contribution is -2.35. The second-order valence-electron chi connectivity index (χ2n) is 6.10. The molecule has 0 aliphatic rings. The molecule has 2 amide bonds. The van der Waals surface area contributed by atoms with E-state index in [0.717, 1.165) is 0 Å². The summed E-state index contributed by atoms with van der Waals surface area (Å²) in [6.45, 7) is 4.96. The van der Waals surface area contributed by atoms with Gasteiger partial charge in [0.2, 0.25) is 5.91 Å². The Morgan fingerprint density at radius 2 is 1.85 bits per heavy atom. The van der Waals surface area contributed by atoms with Crippen LogP contribution in [0.4, 0.5) is 11.4 Å². The summed E-state index contributed by atoms with van der Waals surface area (Å²) in [6.07, 6.45) is -0.163. The molecule has 0 saturated carbocycles. The Morgan fingerprint density at radius 1 is 1.19 bits per heavy atom. The van der Waals surface area contributed by atoms with Gasteiger partial charge in [-0.3, -0.25) is 24.5 Å². The van der Waals surface area contributed by atoms with Crippen molar-refractivity contribution in [3.05, 3.63) is 34.4 Å². The number of nitro groups is 1. The van der Waals surface area contributed by atoms with Gasteiger partial charge in [0, 0.05) is 12.5 Å². The van der Waals surface area contributed by atoms with Gasteiger partial charge in [-0.2, -0.15) is 0 Å². The smallest absolute Gasteiger partial charge is 0.326 e. The molecule has 142 valence electrons. The topological polar surface area (TPSA) is 128 Å². The number of benzene rings is 1. The molecule has 1 unspecified atom stereocenters. The Hall–Kier alpha value is -2.97. The number of esters is 1. The average Bonchev–Trinajstić information content (AvgIpc) is 2.58. The van der Waals surface area contributed by atoms with E-state index in [1.165, 1.54) is 31.2 Å². The lowest BCUT2D eigenvalue weighted by atomic mass is 10.1. The molecule has 0 aliphatic heterocycles. The predicted molar refractivity (Wildman–Crippen MR) is 94.4 cm³/mol. The molecule has 1 aromatic carbocycles. The first-order chi connectivity index (χ1) is 12.2. The summed E-state index contributed by atoms with van der Waals surface area (Å²) < 4.78 is 4.93. The van der Waals surface area contributed by atoms with E-state index in [2.05, 4.69) is 10.6 Å². The minimum absolute atomic E-state index is 0.00684. The summed E-state index contributed by atoms with van der Waals surface area (Å²) in [6, 6.07) is 5.63. The molecule has 0 saturated heterocycles. The molecule has 0 aliphatic carbocycles. The van der Waals surface area contributed by atoms with Crippen LogP contribution in [0.25, 0.3) is 0 Å². The summed E-state index contributed by atoms with van der Waals surface area (Å²) in [5.41, 5.74) is -0.260. The van der Waals surface area contributed by atoms with Gasteiger partial charge >= 0.3 is 5.97 Å². The number of carbonyl (C=O) groups excluding carboxylic acids is 3. The van der Waals surface area contributed by atoms with Gasteiger partial charge in [0.1, 0.15) is 12.2 Å². The molecule has 0 bridgehead atoms. The highest BCUT2D eigenvalue weighted by atomic mass is 16.6. The third-order valence-electron chi connectivity index (χ3n) is 3.41. The molecule has 26 heavy (non-hydrogen) atoms. The van der Waals surface area contributed by atoms with E-state index in [1.807, 2.05) is 13.8 Å². The highest BCUT2D eigenvalue weighted by Crippen LogP contribution is 2.23. The molecule has 9 nitrogen and oxygen atoms in total. The van der Waals surface area contributed by atoms with E-state index >= 15 is 0 Å². The second-order valence-corrected chi connectivity index (χ2v) is 6.10. The minimum atomic E-state index is -1.17. The summed E-state index contributed by atoms with van der Waals surface area (Å²) in [5.74, 6) is -1.38. The number of nitrogens with zero attached hydrogens (tertiary/aromatic N) is 1. The molecule has 0 fully saturated rings. The SMILES string of the molecule is CC(C)CCC(=O)NCC(=O)OC(C)C(=O)Nc1ccccc1[N+](=O)[O-]. The number of nitrogens with one attached hydrogen (secondary N) is 2. The number of carbonyl (C=O) groups is 3. The quantitative estimate of drug-likeness (QED) is 0.391. The molecule has 2 N–H and O–H groups in total. The van der Waals surface area contributed by atoms with Gasteiger partial charge in [0.25, 0.3) is 11.6 Å². The van der Waals surface area contributed by atoms with Crippen molar-refractivity contribution in [1.29, 1.82) is 0 Å². The average molecular weight is 365 g/mol. The van der Waals surface area contributed by atoms with Crippen molar-refractivity contribution in [1.82, 2.24) is 5.32 Å².